The number of amides is 1. The van der Waals surface area contributed by atoms with Gasteiger partial charge in [-0.2, -0.15) is 0 Å². The molecule has 1 aliphatic heterocycles. The minimum Gasteiger partial charge on any atom is -0.472 e. The zero-order valence-corrected chi connectivity index (χ0v) is 11.7. The van der Waals surface area contributed by atoms with Crippen molar-refractivity contribution in [2.45, 2.75) is 25.3 Å². The van der Waals surface area contributed by atoms with Gasteiger partial charge in [0.2, 0.25) is 0 Å². The van der Waals surface area contributed by atoms with Crippen LogP contribution in [0.1, 0.15) is 40.0 Å². The van der Waals surface area contributed by atoms with Crippen molar-refractivity contribution in [3.8, 4) is 0 Å². The predicted octanol–water partition coefficient (Wildman–Crippen LogP) is 3.16. The number of furan rings is 1. The molecule has 0 radical (unpaired) electrons. The number of Topliss-reactive ketones (excluding diaryl/α,β-unsaturated/α-hetero) is 1. The molecular formula is C17H17NO3. The number of benzene rings is 1. The van der Waals surface area contributed by atoms with Crippen LogP contribution in [0.5, 0.6) is 0 Å². The summed E-state index contributed by atoms with van der Waals surface area (Å²) in [6, 6.07) is 10.9. The molecule has 2 aromatic rings. The van der Waals surface area contributed by atoms with Crippen LogP contribution < -0.4 is 0 Å². The number of nitrogens with zero attached hydrogens (tertiary/aromatic N) is 1. The second-order valence-corrected chi connectivity index (χ2v) is 5.30. The molecule has 0 bridgehead atoms. The van der Waals surface area contributed by atoms with E-state index in [0.717, 1.165) is 12.8 Å². The minimum atomic E-state index is -0.0490. The van der Waals surface area contributed by atoms with Crippen molar-refractivity contribution in [1.82, 2.24) is 4.90 Å². The van der Waals surface area contributed by atoms with E-state index in [4.69, 9.17) is 4.42 Å². The van der Waals surface area contributed by atoms with Crippen molar-refractivity contribution < 1.29 is 14.0 Å². The summed E-state index contributed by atoms with van der Waals surface area (Å²) in [4.78, 5) is 26.5. The Morgan fingerprint density at radius 2 is 1.95 bits per heavy atom. The quantitative estimate of drug-likeness (QED) is 0.810. The highest BCUT2D eigenvalue weighted by Crippen LogP contribution is 2.24. The summed E-state index contributed by atoms with van der Waals surface area (Å²) in [5.74, 6) is 0.0413. The van der Waals surface area contributed by atoms with Crippen molar-refractivity contribution in [1.29, 1.82) is 0 Å². The number of hydrogen-bond donors (Lipinski definition) is 0. The summed E-state index contributed by atoms with van der Waals surface area (Å²) >= 11 is 0. The van der Waals surface area contributed by atoms with Crippen LogP contribution in [0.25, 0.3) is 0 Å². The van der Waals surface area contributed by atoms with Crippen LogP contribution in [0.3, 0.4) is 0 Å². The minimum absolute atomic E-state index is 0.0138. The molecule has 4 nitrogen and oxygen atoms in total. The lowest BCUT2D eigenvalue weighted by Crippen LogP contribution is -2.36. The van der Waals surface area contributed by atoms with Crippen molar-refractivity contribution >= 4 is 11.7 Å². The van der Waals surface area contributed by atoms with Gasteiger partial charge in [-0.1, -0.05) is 30.3 Å². The number of ketones is 1. The molecule has 1 amide bonds. The Hall–Kier alpha value is -2.36. The molecule has 1 aromatic heterocycles. The van der Waals surface area contributed by atoms with Crippen molar-refractivity contribution in [3.63, 3.8) is 0 Å². The molecule has 1 atom stereocenters. The molecule has 0 aliphatic carbocycles. The van der Waals surface area contributed by atoms with E-state index >= 15 is 0 Å². The average molecular weight is 283 g/mol. The Morgan fingerprint density at radius 3 is 2.67 bits per heavy atom. The van der Waals surface area contributed by atoms with Gasteiger partial charge >= 0.3 is 0 Å². The van der Waals surface area contributed by atoms with Crippen LogP contribution in [0.4, 0.5) is 0 Å². The molecule has 0 saturated carbocycles. The molecule has 0 N–H and O–H groups in total. The Bertz CT molecular complexity index is 619. The maximum absolute atomic E-state index is 12.4. The topological polar surface area (TPSA) is 50.5 Å². The van der Waals surface area contributed by atoms with Crippen LogP contribution in [0.2, 0.25) is 0 Å². The van der Waals surface area contributed by atoms with Gasteiger partial charge in [-0.25, -0.2) is 0 Å². The Labute approximate surface area is 123 Å². The van der Waals surface area contributed by atoms with Crippen molar-refractivity contribution in [3.05, 3.63) is 60.1 Å². The van der Waals surface area contributed by atoms with Crippen LogP contribution in [0, 0.1) is 0 Å². The molecule has 0 unspecified atom stereocenters. The SMILES string of the molecule is O=C(C[C@H]1CCCN1C(=O)c1ccoc1)c1ccccc1. The fourth-order valence-corrected chi connectivity index (χ4v) is 2.82. The molecule has 21 heavy (non-hydrogen) atoms. The molecule has 1 aliphatic rings. The number of carbonyl (C=O) groups is 2. The third kappa shape index (κ3) is 2.89. The first-order valence-electron chi connectivity index (χ1n) is 7.17. The average Bonchev–Trinajstić information content (AvgIpc) is 3.19. The van der Waals surface area contributed by atoms with Crippen LogP contribution in [-0.4, -0.2) is 29.2 Å². The molecule has 108 valence electrons. The second-order valence-electron chi connectivity index (χ2n) is 5.30. The fraction of sp³-hybridized carbons (Fsp3) is 0.294. The number of carbonyl (C=O) groups excluding carboxylic acids is 2. The standard InChI is InChI=1S/C17H17NO3/c19-16(13-5-2-1-3-6-13)11-15-7-4-9-18(15)17(20)14-8-10-21-12-14/h1-3,5-6,8,10,12,15H,4,7,9,11H2/t15-/m1/s1. The predicted molar refractivity (Wildman–Crippen MR) is 78.2 cm³/mol. The summed E-state index contributed by atoms with van der Waals surface area (Å²) in [5, 5.41) is 0. The van der Waals surface area contributed by atoms with Gasteiger partial charge in [-0.3, -0.25) is 9.59 Å². The molecule has 3 rings (SSSR count). The highest BCUT2D eigenvalue weighted by molar-refractivity contribution is 5.98. The van der Waals surface area contributed by atoms with Gasteiger partial charge in [-0.05, 0) is 18.9 Å². The highest BCUT2D eigenvalue weighted by Gasteiger charge is 2.31. The van der Waals surface area contributed by atoms with E-state index in [9.17, 15) is 9.59 Å². The van der Waals surface area contributed by atoms with Crippen LogP contribution >= 0.6 is 0 Å². The maximum atomic E-state index is 12.4. The van der Waals surface area contributed by atoms with Gasteiger partial charge in [0.1, 0.15) is 6.26 Å². The maximum Gasteiger partial charge on any atom is 0.257 e. The Kier molecular flexibility index (Phi) is 3.86. The molecule has 2 heterocycles. The molecule has 4 heteroatoms. The van der Waals surface area contributed by atoms with Gasteiger partial charge in [0, 0.05) is 24.6 Å². The monoisotopic (exact) mass is 283 g/mol. The van der Waals surface area contributed by atoms with Crippen LogP contribution in [-0.2, 0) is 0 Å². The first-order chi connectivity index (χ1) is 10.3. The fourth-order valence-electron chi connectivity index (χ4n) is 2.82. The van der Waals surface area contributed by atoms with Gasteiger partial charge in [-0.15, -0.1) is 0 Å². The third-order valence-corrected chi connectivity index (χ3v) is 3.92. The summed E-state index contributed by atoms with van der Waals surface area (Å²) in [6.07, 6.45) is 5.15. The van der Waals surface area contributed by atoms with Crippen molar-refractivity contribution in [2.75, 3.05) is 6.54 Å². The summed E-state index contributed by atoms with van der Waals surface area (Å²) in [7, 11) is 0. The third-order valence-electron chi connectivity index (χ3n) is 3.92. The van der Waals surface area contributed by atoms with Gasteiger partial charge in [0.25, 0.3) is 5.91 Å². The zero-order chi connectivity index (χ0) is 14.7. The number of hydrogen-bond acceptors (Lipinski definition) is 3. The lowest BCUT2D eigenvalue weighted by atomic mass is 10.0. The Morgan fingerprint density at radius 1 is 1.14 bits per heavy atom. The van der Waals surface area contributed by atoms with Gasteiger partial charge in [0.05, 0.1) is 11.8 Å². The second kappa shape index (κ2) is 5.95. The smallest absolute Gasteiger partial charge is 0.257 e. The summed E-state index contributed by atoms with van der Waals surface area (Å²) < 4.78 is 4.97. The number of likely N-dealkylation sites (tertiary alicyclic amines) is 1. The molecule has 1 aromatic carbocycles. The molecule has 1 saturated heterocycles. The molecule has 0 spiro atoms. The normalized spacial score (nSPS) is 17.9. The first-order valence-corrected chi connectivity index (χ1v) is 7.17. The van der Waals surface area contributed by atoms with Crippen molar-refractivity contribution in [2.24, 2.45) is 0 Å². The van der Waals surface area contributed by atoms with E-state index < -0.39 is 0 Å². The molecular weight excluding hydrogens is 266 g/mol. The zero-order valence-electron chi connectivity index (χ0n) is 11.7. The van der Waals surface area contributed by atoms with E-state index in [1.165, 1.54) is 12.5 Å². The van der Waals surface area contributed by atoms with E-state index in [0.29, 0.717) is 24.1 Å². The first kappa shape index (κ1) is 13.6. The van der Waals surface area contributed by atoms with E-state index in [-0.39, 0.29) is 17.7 Å². The summed E-state index contributed by atoms with van der Waals surface area (Å²) in [5.41, 5.74) is 1.26. The lowest BCUT2D eigenvalue weighted by Gasteiger charge is -2.23. The molecule has 1 fully saturated rings. The van der Waals surface area contributed by atoms with Gasteiger partial charge in [0.15, 0.2) is 5.78 Å². The van der Waals surface area contributed by atoms with Gasteiger partial charge < -0.3 is 9.32 Å². The van der Waals surface area contributed by atoms with Crippen LogP contribution in [0.15, 0.2) is 53.3 Å². The lowest BCUT2D eigenvalue weighted by molar-refractivity contribution is 0.0716. The largest absolute Gasteiger partial charge is 0.472 e. The van der Waals surface area contributed by atoms with E-state index in [1.807, 2.05) is 30.3 Å². The van der Waals surface area contributed by atoms with E-state index in [1.54, 1.807) is 11.0 Å². The number of rotatable bonds is 4. The highest BCUT2D eigenvalue weighted by atomic mass is 16.3. The summed E-state index contributed by atoms with van der Waals surface area (Å²) in [6.45, 7) is 0.705. The Balaban J connectivity index is 1.70. The van der Waals surface area contributed by atoms with E-state index in [2.05, 4.69) is 0 Å².